The summed E-state index contributed by atoms with van der Waals surface area (Å²) >= 11 is 1.45. The molecule has 0 radical (unpaired) electrons. The summed E-state index contributed by atoms with van der Waals surface area (Å²) < 4.78 is 5.86. The maximum atomic E-state index is 10.8. The van der Waals surface area contributed by atoms with Crippen molar-refractivity contribution in [3.63, 3.8) is 0 Å². The van der Waals surface area contributed by atoms with Crippen molar-refractivity contribution in [2.24, 2.45) is 5.73 Å². The minimum absolute atomic E-state index is 0.405. The Hall–Kier alpha value is -1.29. The first-order valence-electron chi connectivity index (χ1n) is 3.02. The van der Waals surface area contributed by atoms with Gasteiger partial charge >= 0.3 is 0 Å². The lowest BCUT2D eigenvalue weighted by Gasteiger charge is -1.84. The van der Waals surface area contributed by atoms with Gasteiger partial charge in [0.25, 0.3) is 0 Å². The number of hydrogen-bond donors (Lipinski definition) is 1. The van der Waals surface area contributed by atoms with Crippen LogP contribution in [0.15, 0.2) is 22.3 Å². The number of carbonyl (C=O) groups excluding carboxylic acids is 1. The molecule has 2 heterocycles. The van der Waals surface area contributed by atoms with Crippen LogP contribution in [0.2, 0.25) is 0 Å². The molecule has 0 bridgehead atoms. The van der Waals surface area contributed by atoms with Gasteiger partial charge in [0.2, 0.25) is 5.91 Å². The van der Waals surface area contributed by atoms with Crippen LogP contribution in [-0.4, -0.2) is 5.91 Å². The fraction of sp³-hybridized carbons (Fsp3) is 0. The van der Waals surface area contributed by atoms with Gasteiger partial charge in [0.15, 0.2) is 0 Å². The number of amides is 1. The summed E-state index contributed by atoms with van der Waals surface area (Å²) in [4.78, 5) is 10.8. The maximum absolute atomic E-state index is 10.8. The highest BCUT2D eigenvalue weighted by atomic mass is 32.1. The van der Waals surface area contributed by atoms with E-state index in [1.807, 2.05) is 0 Å². The zero-order valence-electron chi connectivity index (χ0n) is 5.53. The van der Waals surface area contributed by atoms with E-state index in [0.717, 1.165) is 10.1 Å². The number of furan rings is 1. The van der Waals surface area contributed by atoms with E-state index in [2.05, 4.69) is 0 Å². The zero-order valence-corrected chi connectivity index (χ0v) is 6.35. The molecule has 0 atom stereocenters. The average molecular weight is 167 g/mol. The standard InChI is InChI=1S/C7H5NO2S/c8-7(9)5-3-11-6-2-10-1-4(5)6/h1-3H,(H2,8,9). The second kappa shape index (κ2) is 2.10. The van der Waals surface area contributed by atoms with Gasteiger partial charge in [-0.3, -0.25) is 4.79 Å². The lowest BCUT2D eigenvalue weighted by Crippen LogP contribution is -2.09. The van der Waals surface area contributed by atoms with Crippen LogP contribution in [0.4, 0.5) is 0 Å². The normalized spacial score (nSPS) is 10.5. The third-order valence-corrected chi connectivity index (χ3v) is 2.41. The van der Waals surface area contributed by atoms with E-state index >= 15 is 0 Å². The van der Waals surface area contributed by atoms with Crippen molar-refractivity contribution in [3.05, 3.63) is 23.5 Å². The lowest BCUT2D eigenvalue weighted by atomic mass is 10.2. The number of primary amides is 1. The van der Waals surface area contributed by atoms with Crippen LogP contribution in [0.25, 0.3) is 10.1 Å². The van der Waals surface area contributed by atoms with E-state index in [9.17, 15) is 4.79 Å². The van der Waals surface area contributed by atoms with E-state index in [1.54, 1.807) is 11.6 Å². The zero-order chi connectivity index (χ0) is 7.84. The van der Waals surface area contributed by atoms with Crippen molar-refractivity contribution in [1.29, 1.82) is 0 Å². The third-order valence-electron chi connectivity index (χ3n) is 1.49. The first kappa shape index (κ1) is 6.42. The van der Waals surface area contributed by atoms with Crippen molar-refractivity contribution in [1.82, 2.24) is 0 Å². The number of thiophene rings is 1. The fourth-order valence-electron chi connectivity index (χ4n) is 0.950. The molecule has 4 heteroatoms. The summed E-state index contributed by atoms with van der Waals surface area (Å²) in [6, 6.07) is 0. The smallest absolute Gasteiger partial charge is 0.250 e. The molecule has 0 unspecified atom stereocenters. The summed E-state index contributed by atoms with van der Waals surface area (Å²) in [5.41, 5.74) is 5.65. The van der Waals surface area contributed by atoms with Crippen LogP contribution in [0, 0.1) is 0 Å². The summed E-state index contributed by atoms with van der Waals surface area (Å²) in [6.07, 6.45) is 3.14. The van der Waals surface area contributed by atoms with Crippen molar-refractivity contribution in [2.75, 3.05) is 0 Å². The van der Waals surface area contributed by atoms with Gasteiger partial charge < -0.3 is 10.2 Å². The Morgan fingerprint density at radius 2 is 2.36 bits per heavy atom. The molecule has 2 N–H and O–H groups in total. The van der Waals surface area contributed by atoms with Crippen molar-refractivity contribution in [2.45, 2.75) is 0 Å². The first-order chi connectivity index (χ1) is 5.29. The van der Waals surface area contributed by atoms with Gasteiger partial charge in [-0.1, -0.05) is 0 Å². The number of carbonyl (C=O) groups is 1. The van der Waals surface area contributed by atoms with Gasteiger partial charge in [-0.25, -0.2) is 0 Å². The van der Waals surface area contributed by atoms with Crippen LogP contribution < -0.4 is 5.73 Å². The fourth-order valence-corrected chi connectivity index (χ4v) is 1.83. The summed E-state index contributed by atoms with van der Waals surface area (Å²) in [6.45, 7) is 0. The molecule has 0 saturated heterocycles. The molecule has 0 spiro atoms. The van der Waals surface area contributed by atoms with E-state index in [1.165, 1.54) is 17.6 Å². The molecule has 0 aromatic carbocycles. The Bertz CT molecular complexity index is 401. The highest BCUT2D eigenvalue weighted by Crippen LogP contribution is 2.26. The van der Waals surface area contributed by atoms with Gasteiger partial charge in [-0.05, 0) is 0 Å². The number of hydrogen-bond acceptors (Lipinski definition) is 3. The Balaban J connectivity index is 2.78. The Morgan fingerprint density at radius 3 is 3.09 bits per heavy atom. The first-order valence-corrected chi connectivity index (χ1v) is 3.90. The van der Waals surface area contributed by atoms with Crippen LogP contribution in [0.3, 0.4) is 0 Å². The predicted molar refractivity (Wildman–Crippen MR) is 42.6 cm³/mol. The molecule has 0 aliphatic rings. The van der Waals surface area contributed by atoms with Crippen molar-refractivity contribution in [3.8, 4) is 0 Å². The van der Waals surface area contributed by atoms with E-state index in [0.29, 0.717) is 5.56 Å². The molecule has 0 aliphatic heterocycles. The molecule has 11 heavy (non-hydrogen) atoms. The minimum Gasteiger partial charge on any atom is -0.470 e. The van der Waals surface area contributed by atoms with Crippen LogP contribution >= 0.6 is 11.3 Å². The van der Waals surface area contributed by atoms with Gasteiger partial charge in [-0.15, -0.1) is 11.3 Å². The molecule has 3 nitrogen and oxygen atoms in total. The monoisotopic (exact) mass is 167 g/mol. The largest absolute Gasteiger partial charge is 0.470 e. The van der Waals surface area contributed by atoms with Gasteiger partial charge in [-0.2, -0.15) is 0 Å². The predicted octanol–water partition coefficient (Wildman–Crippen LogP) is 1.59. The van der Waals surface area contributed by atoms with Crippen molar-refractivity contribution < 1.29 is 9.21 Å². The molecule has 0 fully saturated rings. The molecular weight excluding hydrogens is 162 g/mol. The van der Waals surface area contributed by atoms with Crippen LogP contribution in [0.5, 0.6) is 0 Å². The van der Waals surface area contributed by atoms with Crippen molar-refractivity contribution >= 4 is 27.3 Å². The second-order valence-electron chi connectivity index (χ2n) is 2.16. The quantitative estimate of drug-likeness (QED) is 0.701. The SMILES string of the molecule is NC(=O)c1csc2cocc12. The number of nitrogens with two attached hydrogens (primary N) is 1. The molecule has 56 valence electrons. The van der Waals surface area contributed by atoms with E-state index < -0.39 is 5.91 Å². The molecule has 1 amide bonds. The van der Waals surface area contributed by atoms with Gasteiger partial charge in [0, 0.05) is 10.8 Å². The summed E-state index contributed by atoms with van der Waals surface area (Å²) in [7, 11) is 0. The minimum atomic E-state index is -0.405. The van der Waals surface area contributed by atoms with Gasteiger partial charge in [0.05, 0.1) is 16.5 Å². The molecule has 0 saturated carbocycles. The lowest BCUT2D eigenvalue weighted by molar-refractivity contribution is 0.100. The highest BCUT2D eigenvalue weighted by molar-refractivity contribution is 7.17. The molecule has 2 aromatic heterocycles. The van der Waals surface area contributed by atoms with E-state index in [4.69, 9.17) is 10.2 Å². The summed E-state index contributed by atoms with van der Waals surface area (Å²) in [5, 5.41) is 2.55. The maximum Gasteiger partial charge on any atom is 0.250 e. The average Bonchev–Trinajstić information content (AvgIpc) is 2.41. The molecular formula is C7H5NO2S. The second-order valence-corrected chi connectivity index (χ2v) is 3.07. The van der Waals surface area contributed by atoms with Gasteiger partial charge in [0.1, 0.15) is 6.26 Å². The number of fused-ring (bicyclic) bond motifs is 1. The molecule has 2 aromatic rings. The topological polar surface area (TPSA) is 56.2 Å². The van der Waals surface area contributed by atoms with Crippen LogP contribution in [0.1, 0.15) is 10.4 Å². The Labute approximate surface area is 66.4 Å². The number of rotatable bonds is 1. The Kier molecular flexibility index (Phi) is 1.22. The van der Waals surface area contributed by atoms with Crippen LogP contribution in [-0.2, 0) is 0 Å². The summed E-state index contributed by atoms with van der Waals surface area (Å²) in [5.74, 6) is -0.405. The molecule has 2 rings (SSSR count). The highest BCUT2D eigenvalue weighted by Gasteiger charge is 2.09. The third kappa shape index (κ3) is 0.832. The van der Waals surface area contributed by atoms with E-state index in [-0.39, 0.29) is 0 Å². The molecule has 0 aliphatic carbocycles. The Morgan fingerprint density at radius 1 is 1.55 bits per heavy atom.